The van der Waals surface area contributed by atoms with Gasteiger partial charge in [-0.25, -0.2) is 0 Å². The molecular weight excluding hydrogens is 242 g/mol. The molecule has 0 bridgehead atoms. The summed E-state index contributed by atoms with van der Waals surface area (Å²) in [5.41, 5.74) is 7.58. The van der Waals surface area contributed by atoms with Gasteiger partial charge in [0.1, 0.15) is 4.99 Å². The topological polar surface area (TPSA) is 50.9 Å². The summed E-state index contributed by atoms with van der Waals surface area (Å²) in [5, 5.41) is 3.53. The standard InChI is InChI=1S/C14H21N3S/c1-10(11-5-3-2-4-6-11)17-13-9-16-8-7-12(13)14(15)18/h7-11,17H,2-6H2,1H3,(H2,15,18). The summed E-state index contributed by atoms with van der Waals surface area (Å²) in [6, 6.07) is 2.32. The van der Waals surface area contributed by atoms with Crippen molar-refractivity contribution in [3.63, 3.8) is 0 Å². The van der Waals surface area contributed by atoms with Gasteiger partial charge >= 0.3 is 0 Å². The van der Waals surface area contributed by atoms with Crippen LogP contribution in [0, 0.1) is 5.92 Å². The fraction of sp³-hybridized carbons (Fsp3) is 0.571. The van der Waals surface area contributed by atoms with Crippen molar-refractivity contribution in [3.8, 4) is 0 Å². The van der Waals surface area contributed by atoms with Gasteiger partial charge in [0.25, 0.3) is 0 Å². The number of rotatable bonds is 4. The Kier molecular flexibility index (Phi) is 4.53. The van der Waals surface area contributed by atoms with E-state index in [0.29, 0.717) is 11.0 Å². The highest BCUT2D eigenvalue weighted by Gasteiger charge is 2.20. The minimum Gasteiger partial charge on any atom is -0.389 e. The van der Waals surface area contributed by atoms with E-state index in [0.717, 1.165) is 17.2 Å². The van der Waals surface area contributed by atoms with Gasteiger partial charge in [-0.15, -0.1) is 0 Å². The molecule has 1 aliphatic rings. The molecular formula is C14H21N3S. The van der Waals surface area contributed by atoms with Crippen molar-refractivity contribution in [3.05, 3.63) is 24.0 Å². The van der Waals surface area contributed by atoms with E-state index in [9.17, 15) is 0 Å². The van der Waals surface area contributed by atoms with Gasteiger partial charge in [0, 0.05) is 17.8 Å². The Bertz CT molecular complexity index is 413. The van der Waals surface area contributed by atoms with Crippen molar-refractivity contribution >= 4 is 22.9 Å². The van der Waals surface area contributed by atoms with E-state index in [1.54, 1.807) is 6.20 Å². The van der Waals surface area contributed by atoms with Crippen molar-refractivity contribution in [2.24, 2.45) is 11.7 Å². The average Bonchev–Trinajstić information content (AvgIpc) is 2.40. The number of aromatic nitrogens is 1. The number of hydrogen-bond acceptors (Lipinski definition) is 3. The molecule has 1 saturated carbocycles. The Hall–Kier alpha value is -1.16. The zero-order valence-corrected chi connectivity index (χ0v) is 11.7. The number of nitrogens with two attached hydrogens (primary N) is 1. The Morgan fingerprint density at radius 3 is 2.83 bits per heavy atom. The number of anilines is 1. The van der Waals surface area contributed by atoms with Crippen molar-refractivity contribution in [2.75, 3.05) is 5.32 Å². The van der Waals surface area contributed by atoms with Crippen LogP contribution in [-0.4, -0.2) is 16.0 Å². The highest BCUT2D eigenvalue weighted by molar-refractivity contribution is 7.80. The monoisotopic (exact) mass is 263 g/mol. The minimum atomic E-state index is 0.427. The molecule has 1 fully saturated rings. The van der Waals surface area contributed by atoms with Crippen molar-refractivity contribution in [2.45, 2.75) is 45.1 Å². The zero-order chi connectivity index (χ0) is 13.0. The number of nitrogens with one attached hydrogen (secondary N) is 1. The molecule has 4 heteroatoms. The lowest BCUT2D eigenvalue weighted by Crippen LogP contribution is -2.28. The molecule has 3 nitrogen and oxygen atoms in total. The predicted molar refractivity (Wildman–Crippen MR) is 79.8 cm³/mol. The fourth-order valence-electron chi connectivity index (χ4n) is 2.72. The van der Waals surface area contributed by atoms with E-state index in [1.807, 2.05) is 12.3 Å². The van der Waals surface area contributed by atoms with Gasteiger partial charge in [-0.1, -0.05) is 31.5 Å². The third kappa shape index (κ3) is 3.19. The van der Waals surface area contributed by atoms with E-state index in [4.69, 9.17) is 18.0 Å². The van der Waals surface area contributed by atoms with Gasteiger partial charge in [0.2, 0.25) is 0 Å². The summed E-state index contributed by atoms with van der Waals surface area (Å²) < 4.78 is 0. The van der Waals surface area contributed by atoms with Crippen molar-refractivity contribution < 1.29 is 0 Å². The molecule has 1 atom stereocenters. The molecule has 18 heavy (non-hydrogen) atoms. The van der Waals surface area contributed by atoms with Crippen LogP contribution in [0.15, 0.2) is 18.5 Å². The first kappa shape index (κ1) is 13.3. The number of hydrogen-bond donors (Lipinski definition) is 2. The lowest BCUT2D eigenvalue weighted by Gasteiger charge is -2.29. The first-order valence-corrected chi connectivity index (χ1v) is 7.09. The van der Waals surface area contributed by atoms with Gasteiger partial charge < -0.3 is 11.1 Å². The lowest BCUT2D eigenvalue weighted by molar-refractivity contribution is 0.328. The van der Waals surface area contributed by atoms with Crippen LogP contribution in [0.25, 0.3) is 0 Å². The Balaban J connectivity index is 2.06. The van der Waals surface area contributed by atoms with E-state index in [1.165, 1.54) is 32.1 Å². The molecule has 0 aliphatic heterocycles. The summed E-state index contributed by atoms with van der Waals surface area (Å²) in [5.74, 6) is 0.748. The van der Waals surface area contributed by atoms with Gasteiger partial charge in [-0.3, -0.25) is 4.98 Å². The second-order valence-corrected chi connectivity index (χ2v) is 5.56. The molecule has 3 N–H and O–H groups in total. The van der Waals surface area contributed by atoms with Crippen molar-refractivity contribution in [1.82, 2.24) is 4.98 Å². The maximum atomic E-state index is 5.73. The molecule has 0 saturated heterocycles. The molecule has 2 rings (SSSR count). The molecule has 0 aromatic carbocycles. The largest absolute Gasteiger partial charge is 0.389 e. The first-order valence-electron chi connectivity index (χ1n) is 6.69. The Labute approximate surface area is 114 Å². The second-order valence-electron chi connectivity index (χ2n) is 5.12. The summed E-state index contributed by atoms with van der Waals surface area (Å²) in [6.45, 7) is 2.24. The first-order chi connectivity index (χ1) is 8.68. The maximum Gasteiger partial charge on any atom is 0.106 e. The van der Waals surface area contributed by atoms with Crippen LogP contribution in [0.3, 0.4) is 0 Å². The minimum absolute atomic E-state index is 0.427. The third-order valence-electron chi connectivity index (χ3n) is 3.83. The Morgan fingerprint density at radius 2 is 2.17 bits per heavy atom. The molecule has 1 aromatic heterocycles. The van der Waals surface area contributed by atoms with Crippen LogP contribution < -0.4 is 11.1 Å². The fourth-order valence-corrected chi connectivity index (χ4v) is 2.90. The van der Waals surface area contributed by atoms with Gasteiger partial charge in [0.05, 0.1) is 11.9 Å². The van der Waals surface area contributed by atoms with Crippen LogP contribution in [0.1, 0.15) is 44.6 Å². The predicted octanol–water partition coefficient (Wildman–Crippen LogP) is 3.10. The van der Waals surface area contributed by atoms with Gasteiger partial charge in [0.15, 0.2) is 0 Å². The van der Waals surface area contributed by atoms with E-state index < -0.39 is 0 Å². The van der Waals surface area contributed by atoms with E-state index >= 15 is 0 Å². The molecule has 1 aliphatic carbocycles. The number of nitrogens with zero attached hydrogens (tertiary/aromatic N) is 1. The highest BCUT2D eigenvalue weighted by atomic mass is 32.1. The van der Waals surface area contributed by atoms with Gasteiger partial charge in [-0.2, -0.15) is 0 Å². The molecule has 1 aromatic rings. The third-order valence-corrected chi connectivity index (χ3v) is 4.05. The second kappa shape index (κ2) is 6.14. The maximum absolute atomic E-state index is 5.73. The lowest BCUT2D eigenvalue weighted by atomic mass is 9.84. The molecule has 0 radical (unpaired) electrons. The molecule has 98 valence electrons. The van der Waals surface area contributed by atoms with Crippen LogP contribution in [-0.2, 0) is 0 Å². The smallest absolute Gasteiger partial charge is 0.106 e. The summed E-state index contributed by atoms with van der Waals surface area (Å²) in [6.07, 6.45) is 10.3. The zero-order valence-electron chi connectivity index (χ0n) is 10.9. The number of pyridine rings is 1. The molecule has 1 unspecified atom stereocenters. The van der Waals surface area contributed by atoms with Crippen LogP contribution in [0.5, 0.6) is 0 Å². The molecule has 0 amide bonds. The Morgan fingerprint density at radius 1 is 1.44 bits per heavy atom. The van der Waals surface area contributed by atoms with Crippen LogP contribution in [0.2, 0.25) is 0 Å². The quantitative estimate of drug-likeness (QED) is 0.820. The number of thiocarbonyl (C=S) groups is 1. The summed E-state index contributed by atoms with van der Waals surface area (Å²) >= 11 is 5.07. The normalized spacial score (nSPS) is 18.3. The molecule has 0 spiro atoms. The highest BCUT2D eigenvalue weighted by Crippen LogP contribution is 2.28. The van der Waals surface area contributed by atoms with Crippen LogP contribution >= 0.6 is 12.2 Å². The average molecular weight is 263 g/mol. The van der Waals surface area contributed by atoms with E-state index in [2.05, 4.69) is 17.2 Å². The summed E-state index contributed by atoms with van der Waals surface area (Å²) in [4.78, 5) is 4.57. The van der Waals surface area contributed by atoms with E-state index in [-0.39, 0.29) is 0 Å². The van der Waals surface area contributed by atoms with Gasteiger partial charge in [-0.05, 0) is 31.7 Å². The molecule has 1 heterocycles. The summed E-state index contributed by atoms with van der Waals surface area (Å²) in [7, 11) is 0. The van der Waals surface area contributed by atoms with Crippen molar-refractivity contribution in [1.29, 1.82) is 0 Å². The van der Waals surface area contributed by atoms with Crippen LogP contribution in [0.4, 0.5) is 5.69 Å². The SMILES string of the molecule is CC(Nc1cnccc1C(N)=S)C1CCCCC1.